The van der Waals surface area contributed by atoms with Crippen molar-refractivity contribution in [3.8, 4) is 50.2 Å². The second-order valence-electron chi connectivity index (χ2n) is 18.6. The molecule has 0 saturated heterocycles. The quantitative estimate of drug-likeness (QED) is 0.142. The van der Waals surface area contributed by atoms with Crippen molar-refractivity contribution in [2.45, 2.75) is 0 Å². The lowest BCUT2D eigenvalue weighted by Crippen LogP contribution is -2.10. The number of para-hydroxylation sites is 3. The number of pyridine rings is 2. The highest BCUT2D eigenvalue weighted by molar-refractivity contribution is 6.22. The van der Waals surface area contributed by atoms with Gasteiger partial charge in [-0.3, -0.25) is 9.97 Å². The van der Waals surface area contributed by atoms with Gasteiger partial charge in [-0.2, -0.15) is 0 Å². The van der Waals surface area contributed by atoms with Crippen molar-refractivity contribution in [2.75, 3.05) is 4.90 Å². The molecule has 14 rings (SSSR count). The number of benzene rings is 11. The molecule has 0 fully saturated rings. The lowest BCUT2D eigenvalue weighted by Gasteiger charge is -2.27. The summed E-state index contributed by atoms with van der Waals surface area (Å²) in [5.41, 5.74) is 17.9. The van der Waals surface area contributed by atoms with Crippen LogP contribution >= 0.6 is 0 Å². The Morgan fingerprint density at radius 3 is 1.40 bits per heavy atom. The van der Waals surface area contributed by atoms with E-state index in [9.17, 15) is 0 Å². The third-order valence-corrected chi connectivity index (χ3v) is 14.4. The topological polar surface area (TPSA) is 34.0 Å². The zero-order valence-corrected chi connectivity index (χ0v) is 39.2. The molecule has 4 nitrogen and oxygen atoms in total. The van der Waals surface area contributed by atoms with Gasteiger partial charge in [0.05, 0.1) is 22.1 Å². The van der Waals surface area contributed by atoms with Gasteiger partial charge in [0.15, 0.2) is 0 Å². The molecule has 0 aliphatic heterocycles. The van der Waals surface area contributed by atoms with Gasteiger partial charge >= 0.3 is 0 Å². The third-order valence-electron chi connectivity index (χ3n) is 14.4. The molecular weight excluding hydrogens is 873 g/mol. The van der Waals surface area contributed by atoms with Crippen LogP contribution < -0.4 is 4.90 Å². The van der Waals surface area contributed by atoms with Crippen LogP contribution in [0.5, 0.6) is 0 Å². The third kappa shape index (κ3) is 7.00. The SMILES string of the molecule is c1ccc(N(c2ccc3c(-c4cccc(-c5ccc6cccnc6c5)c4)c4ccccc4c(-c4cccc(-c5ccc6cccnc6c5)c4)c3c2)c2ccc3c(c2)c2ccccc2n3-c2ccccc2)cc1. The Hall–Kier alpha value is -9.64. The summed E-state index contributed by atoms with van der Waals surface area (Å²) >= 11 is 0. The van der Waals surface area contributed by atoms with E-state index in [0.29, 0.717) is 0 Å². The summed E-state index contributed by atoms with van der Waals surface area (Å²) in [6, 6.07) is 92.7. The maximum atomic E-state index is 4.72. The van der Waals surface area contributed by atoms with Crippen LogP contribution in [0.3, 0.4) is 0 Å². The molecule has 0 atom stereocenters. The molecule has 0 aliphatic rings. The lowest BCUT2D eigenvalue weighted by molar-refractivity contribution is 1.18. The first-order valence-electron chi connectivity index (χ1n) is 24.5. The molecule has 72 heavy (non-hydrogen) atoms. The van der Waals surface area contributed by atoms with Gasteiger partial charge in [0.1, 0.15) is 0 Å². The van der Waals surface area contributed by atoms with Crippen molar-refractivity contribution in [3.05, 3.63) is 267 Å². The van der Waals surface area contributed by atoms with Gasteiger partial charge in [0.25, 0.3) is 0 Å². The minimum absolute atomic E-state index is 0.983. The maximum Gasteiger partial charge on any atom is 0.0708 e. The van der Waals surface area contributed by atoms with Gasteiger partial charge in [-0.25, -0.2) is 0 Å². The van der Waals surface area contributed by atoms with Crippen molar-refractivity contribution in [1.29, 1.82) is 0 Å². The Kier molecular flexibility index (Phi) is 9.82. The largest absolute Gasteiger partial charge is 0.310 e. The molecule has 0 N–H and O–H groups in total. The number of anilines is 3. The van der Waals surface area contributed by atoms with Crippen LogP contribution in [-0.2, 0) is 0 Å². The van der Waals surface area contributed by atoms with Crippen LogP contribution in [0.1, 0.15) is 0 Å². The first-order chi connectivity index (χ1) is 35.7. The summed E-state index contributed by atoms with van der Waals surface area (Å²) in [4.78, 5) is 11.8. The molecule has 14 aromatic rings. The number of rotatable bonds is 8. The van der Waals surface area contributed by atoms with E-state index in [0.717, 1.165) is 77.9 Å². The molecule has 4 heteroatoms. The maximum absolute atomic E-state index is 4.72. The van der Waals surface area contributed by atoms with E-state index in [2.05, 4.69) is 252 Å². The van der Waals surface area contributed by atoms with Crippen molar-refractivity contribution >= 4 is 82.2 Å². The molecular formula is C68H44N4. The van der Waals surface area contributed by atoms with Crippen LogP contribution in [0.15, 0.2) is 267 Å². The molecule has 3 aromatic heterocycles. The van der Waals surface area contributed by atoms with E-state index in [1.165, 1.54) is 54.5 Å². The average Bonchev–Trinajstić information content (AvgIpc) is 3.78. The van der Waals surface area contributed by atoms with Crippen LogP contribution in [0.2, 0.25) is 0 Å². The summed E-state index contributed by atoms with van der Waals surface area (Å²) in [7, 11) is 0. The predicted octanol–water partition coefficient (Wildman–Crippen LogP) is 18.3. The molecule has 0 bridgehead atoms. The molecule has 0 spiro atoms. The average molecular weight is 917 g/mol. The molecule has 0 aliphatic carbocycles. The van der Waals surface area contributed by atoms with Crippen LogP contribution in [0, 0.1) is 0 Å². The molecule has 0 radical (unpaired) electrons. The fourth-order valence-electron chi connectivity index (χ4n) is 11.1. The molecule has 336 valence electrons. The fraction of sp³-hybridized carbons (Fsp3) is 0. The van der Waals surface area contributed by atoms with E-state index in [-0.39, 0.29) is 0 Å². The van der Waals surface area contributed by atoms with Gasteiger partial charge in [-0.15, -0.1) is 0 Å². The Balaban J connectivity index is 1.02. The molecule has 0 saturated carbocycles. The van der Waals surface area contributed by atoms with Gasteiger partial charge in [0.2, 0.25) is 0 Å². The minimum Gasteiger partial charge on any atom is -0.310 e. The normalized spacial score (nSPS) is 11.6. The van der Waals surface area contributed by atoms with Crippen LogP contribution in [0.25, 0.3) is 115 Å². The Morgan fingerprint density at radius 2 is 0.764 bits per heavy atom. The summed E-state index contributed by atoms with van der Waals surface area (Å²) in [6.07, 6.45) is 3.74. The van der Waals surface area contributed by atoms with Crippen molar-refractivity contribution < 1.29 is 0 Å². The van der Waals surface area contributed by atoms with Gasteiger partial charge in [0, 0.05) is 56.7 Å². The van der Waals surface area contributed by atoms with Crippen LogP contribution in [-0.4, -0.2) is 14.5 Å². The zero-order valence-electron chi connectivity index (χ0n) is 39.2. The summed E-state index contributed by atoms with van der Waals surface area (Å²) in [5.74, 6) is 0. The van der Waals surface area contributed by atoms with E-state index in [4.69, 9.17) is 9.97 Å². The molecule has 3 heterocycles. The smallest absolute Gasteiger partial charge is 0.0708 e. The molecule has 0 unspecified atom stereocenters. The fourth-order valence-corrected chi connectivity index (χ4v) is 11.1. The zero-order chi connectivity index (χ0) is 47.5. The van der Waals surface area contributed by atoms with Crippen LogP contribution in [0.4, 0.5) is 17.1 Å². The van der Waals surface area contributed by atoms with E-state index < -0.39 is 0 Å². The van der Waals surface area contributed by atoms with Crippen molar-refractivity contribution in [1.82, 2.24) is 14.5 Å². The molecule has 11 aromatic carbocycles. The lowest BCUT2D eigenvalue weighted by atomic mass is 9.84. The van der Waals surface area contributed by atoms with Gasteiger partial charge < -0.3 is 9.47 Å². The number of aromatic nitrogens is 3. The van der Waals surface area contributed by atoms with Crippen molar-refractivity contribution in [2.24, 2.45) is 0 Å². The highest BCUT2D eigenvalue weighted by Gasteiger charge is 2.22. The summed E-state index contributed by atoms with van der Waals surface area (Å²) in [5, 5.41) is 9.41. The number of nitrogens with zero attached hydrogens (tertiary/aromatic N) is 4. The van der Waals surface area contributed by atoms with E-state index in [1.807, 2.05) is 24.5 Å². The predicted molar refractivity (Wildman–Crippen MR) is 303 cm³/mol. The Morgan fingerprint density at radius 1 is 0.278 bits per heavy atom. The monoisotopic (exact) mass is 916 g/mol. The highest BCUT2D eigenvalue weighted by atomic mass is 15.1. The number of fused-ring (bicyclic) bond motifs is 7. The highest BCUT2D eigenvalue weighted by Crippen LogP contribution is 2.48. The number of hydrogen-bond donors (Lipinski definition) is 0. The number of hydrogen-bond acceptors (Lipinski definition) is 3. The standard InChI is InChI=1S/C68H44N4/c1-3-21-53(22-4-1)71(56-34-36-66-61(43-56)57-25-9-10-28-65(57)72(66)54-23-5-2-6-24-54)55-33-35-60-62(44-55)68(52-18-12-16-48(40-52)50-32-30-46-20-14-38-70-64(46)42-50)59-27-8-7-26-58(59)67(60)51-17-11-15-47(39-51)49-31-29-45-19-13-37-69-63(45)41-49/h1-44H. The summed E-state index contributed by atoms with van der Waals surface area (Å²) in [6.45, 7) is 0. The van der Waals surface area contributed by atoms with Gasteiger partial charge in [-0.1, -0.05) is 158 Å². The van der Waals surface area contributed by atoms with E-state index >= 15 is 0 Å². The summed E-state index contributed by atoms with van der Waals surface area (Å²) < 4.78 is 2.38. The second-order valence-corrected chi connectivity index (χ2v) is 18.6. The first kappa shape index (κ1) is 41.3. The Labute approximate surface area is 417 Å². The Bertz CT molecular complexity index is 4400. The van der Waals surface area contributed by atoms with Crippen molar-refractivity contribution in [3.63, 3.8) is 0 Å². The van der Waals surface area contributed by atoms with E-state index in [1.54, 1.807) is 0 Å². The molecule has 0 amide bonds. The first-order valence-corrected chi connectivity index (χ1v) is 24.5. The second kappa shape index (κ2) is 17.1. The van der Waals surface area contributed by atoms with Gasteiger partial charge in [-0.05, 0) is 163 Å². The minimum atomic E-state index is 0.983.